The van der Waals surface area contributed by atoms with Gasteiger partial charge in [-0.25, -0.2) is 0 Å². The second-order valence-electron chi connectivity index (χ2n) is 5.64. The number of aliphatic hydroxyl groups is 1. The quantitative estimate of drug-likeness (QED) is 0.679. The highest BCUT2D eigenvalue weighted by Gasteiger charge is 2.15. The van der Waals surface area contributed by atoms with Crippen molar-refractivity contribution in [3.8, 4) is 5.75 Å². The van der Waals surface area contributed by atoms with Gasteiger partial charge in [-0.05, 0) is 50.5 Å². The van der Waals surface area contributed by atoms with Crippen LogP contribution in [0.4, 0.5) is 0 Å². The zero-order chi connectivity index (χ0) is 17.8. The Morgan fingerprint density at radius 1 is 1.16 bits per heavy atom. The van der Waals surface area contributed by atoms with Crippen LogP contribution in [0.1, 0.15) is 22.0 Å². The topological polar surface area (TPSA) is 58.6 Å². The molecule has 1 atom stereocenters. The number of amides is 1. The normalized spacial score (nSPS) is 12.0. The van der Waals surface area contributed by atoms with Gasteiger partial charge in [-0.3, -0.25) is 4.79 Å². The van der Waals surface area contributed by atoms with Crippen molar-refractivity contribution < 1.29 is 14.6 Å². The fourth-order valence-corrected chi connectivity index (χ4v) is 3.17. The molecule has 3 aromatic rings. The van der Waals surface area contributed by atoms with Crippen LogP contribution in [-0.4, -0.2) is 24.7 Å². The Kier molecular flexibility index (Phi) is 5.36. The molecule has 25 heavy (non-hydrogen) atoms. The Labute approximate surface area is 154 Å². The SMILES string of the molecule is COc1ccc(Br)c(C(=O)NC[C@@H](O)c2cccc3ccccc23)c1. The summed E-state index contributed by atoms with van der Waals surface area (Å²) in [5.41, 5.74) is 1.26. The van der Waals surface area contributed by atoms with Crippen molar-refractivity contribution in [3.63, 3.8) is 0 Å². The first-order valence-electron chi connectivity index (χ1n) is 7.87. The Bertz CT molecular complexity index is 905. The van der Waals surface area contributed by atoms with Gasteiger partial charge in [-0.2, -0.15) is 0 Å². The van der Waals surface area contributed by atoms with Gasteiger partial charge in [0.1, 0.15) is 5.75 Å². The molecule has 2 N–H and O–H groups in total. The Hall–Kier alpha value is -2.37. The molecule has 4 nitrogen and oxygen atoms in total. The number of rotatable bonds is 5. The highest BCUT2D eigenvalue weighted by atomic mass is 79.9. The number of halogens is 1. The van der Waals surface area contributed by atoms with Crippen molar-refractivity contribution in [2.75, 3.05) is 13.7 Å². The lowest BCUT2D eigenvalue weighted by Gasteiger charge is -2.15. The number of ether oxygens (including phenoxy) is 1. The highest BCUT2D eigenvalue weighted by Crippen LogP contribution is 2.25. The number of benzene rings is 3. The van der Waals surface area contributed by atoms with Crippen molar-refractivity contribution >= 4 is 32.6 Å². The lowest BCUT2D eigenvalue weighted by atomic mass is 10.0. The lowest BCUT2D eigenvalue weighted by molar-refractivity contribution is 0.0916. The van der Waals surface area contributed by atoms with E-state index < -0.39 is 6.10 Å². The van der Waals surface area contributed by atoms with Crippen LogP contribution in [0.2, 0.25) is 0 Å². The van der Waals surface area contributed by atoms with E-state index in [2.05, 4.69) is 21.2 Å². The first-order chi connectivity index (χ1) is 12.1. The maximum atomic E-state index is 12.4. The van der Waals surface area contributed by atoms with E-state index in [0.29, 0.717) is 15.8 Å². The molecule has 5 heteroatoms. The summed E-state index contributed by atoms with van der Waals surface area (Å²) >= 11 is 3.37. The van der Waals surface area contributed by atoms with Gasteiger partial charge in [0.25, 0.3) is 5.91 Å². The summed E-state index contributed by atoms with van der Waals surface area (Å²) in [7, 11) is 1.55. The molecule has 0 saturated carbocycles. The van der Waals surface area contributed by atoms with E-state index in [1.54, 1.807) is 25.3 Å². The third-order valence-electron chi connectivity index (χ3n) is 4.06. The second-order valence-corrected chi connectivity index (χ2v) is 6.49. The summed E-state index contributed by atoms with van der Waals surface area (Å²) in [6.07, 6.45) is -0.792. The number of fused-ring (bicyclic) bond motifs is 1. The third kappa shape index (κ3) is 3.83. The zero-order valence-electron chi connectivity index (χ0n) is 13.7. The van der Waals surface area contributed by atoms with Crippen LogP contribution in [0.15, 0.2) is 65.1 Å². The number of carbonyl (C=O) groups is 1. The first kappa shape index (κ1) is 17.5. The molecule has 0 heterocycles. The molecule has 3 rings (SSSR count). The van der Waals surface area contributed by atoms with Gasteiger partial charge in [-0.15, -0.1) is 0 Å². The molecular formula is C20H18BrNO3. The summed E-state index contributed by atoms with van der Waals surface area (Å²) in [5.74, 6) is 0.327. The molecule has 0 aliphatic heterocycles. The average Bonchev–Trinajstić information content (AvgIpc) is 2.65. The number of nitrogens with one attached hydrogen (secondary N) is 1. The molecule has 0 aliphatic carbocycles. The summed E-state index contributed by atoms with van der Waals surface area (Å²) in [6.45, 7) is 0.122. The van der Waals surface area contributed by atoms with Crippen LogP contribution in [-0.2, 0) is 0 Å². The van der Waals surface area contributed by atoms with Crippen LogP contribution in [0.5, 0.6) is 5.75 Å². The van der Waals surface area contributed by atoms with Crippen LogP contribution in [0.25, 0.3) is 10.8 Å². The molecule has 0 saturated heterocycles. The minimum Gasteiger partial charge on any atom is -0.497 e. The van der Waals surface area contributed by atoms with Gasteiger partial charge in [0.05, 0.1) is 18.8 Å². The van der Waals surface area contributed by atoms with E-state index in [0.717, 1.165) is 16.3 Å². The van der Waals surface area contributed by atoms with Gasteiger partial charge in [0.2, 0.25) is 0 Å². The van der Waals surface area contributed by atoms with Crippen LogP contribution < -0.4 is 10.1 Å². The molecule has 0 aromatic heterocycles. The number of hydrogen-bond acceptors (Lipinski definition) is 3. The molecule has 3 aromatic carbocycles. The fourth-order valence-electron chi connectivity index (χ4n) is 2.74. The number of aliphatic hydroxyl groups excluding tert-OH is 1. The van der Waals surface area contributed by atoms with E-state index in [9.17, 15) is 9.90 Å². The first-order valence-corrected chi connectivity index (χ1v) is 8.67. The standard InChI is InChI=1S/C20H18BrNO3/c1-25-14-9-10-18(21)17(11-14)20(24)22-12-19(23)16-8-4-6-13-5-2-3-7-15(13)16/h2-11,19,23H,12H2,1H3,(H,22,24)/t19-/m1/s1. The zero-order valence-corrected chi connectivity index (χ0v) is 15.3. The highest BCUT2D eigenvalue weighted by molar-refractivity contribution is 9.10. The monoisotopic (exact) mass is 399 g/mol. The molecule has 0 unspecified atom stereocenters. The lowest BCUT2D eigenvalue weighted by Crippen LogP contribution is -2.28. The van der Waals surface area contributed by atoms with Crippen molar-refractivity contribution in [2.24, 2.45) is 0 Å². The third-order valence-corrected chi connectivity index (χ3v) is 4.75. The molecule has 0 aliphatic rings. The Morgan fingerprint density at radius 2 is 1.92 bits per heavy atom. The van der Waals surface area contributed by atoms with E-state index >= 15 is 0 Å². The summed E-state index contributed by atoms with van der Waals surface area (Å²) in [6, 6.07) is 18.8. The molecule has 1 amide bonds. The van der Waals surface area contributed by atoms with Crippen molar-refractivity contribution in [1.82, 2.24) is 5.32 Å². The molecule has 0 spiro atoms. The van der Waals surface area contributed by atoms with E-state index in [1.165, 1.54) is 0 Å². The van der Waals surface area contributed by atoms with E-state index in [-0.39, 0.29) is 12.5 Å². The van der Waals surface area contributed by atoms with Crippen molar-refractivity contribution in [1.29, 1.82) is 0 Å². The van der Waals surface area contributed by atoms with Gasteiger partial charge in [-0.1, -0.05) is 42.5 Å². The molecule has 128 valence electrons. The fraction of sp³-hybridized carbons (Fsp3) is 0.150. The molecular weight excluding hydrogens is 382 g/mol. The largest absolute Gasteiger partial charge is 0.497 e. The summed E-state index contributed by atoms with van der Waals surface area (Å²) < 4.78 is 5.82. The number of carbonyl (C=O) groups excluding carboxylic acids is 1. The maximum absolute atomic E-state index is 12.4. The van der Waals surface area contributed by atoms with Crippen LogP contribution in [0.3, 0.4) is 0 Å². The summed E-state index contributed by atoms with van der Waals surface area (Å²) in [5, 5.41) is 15.4. The Balaban J connectivity index is 1.76. The number of hydrogen-bond donors (Lipinski definition) is 2. The van der Waals surface area contributed by atoms with Crippen LogP contribution >= 0.6 is 15.9 Å². The molecule has 0 bridgehead atoms. The second kappa shape index (κ2) is 7.68. The maximum Gasteiger partial charge on any atom is 0.252 e. The molecule has 0 radical (unpaired) electrons. The summed E-state index contributed by atoms with van der Waals surface area (Å²) in [4.78, 5) is 12.4. The minimum absolute atomic E-state index is 0.122. The Morgan fingerprint density at radius 3 is 2.72 bits per heavy atom. The minimum atomic E-state index is -0.792. The van der Waals surface area contributed by atoms with E-state index in [1.807, 2.05) is 42.5 Å². The van der Waals surface area contributed by atoms with Gasteiger partial charge < -0.3 is 15.2 Å². The predicted molar refractivity (Wildman–Crippen MR) is 102 cm³/mol. The van der Waals surface area contributed by atoms with Gasteiger partial charge in [0, 0.05) is 11.0 Å². The van der Waals surface area contributed by atoms with E-state index in [4.69, 9.17) is 4.74 Å². The van der Waals surface area contributed by atoms with Crippen molar-refractivity contribution in [2.45, 2.75) is 6.10 Å². The predicted octanol–water partition coefficient (Wildman–Crippen LogP) is 4.07. The molecule has 0 fully saturated rings. The average molecular weight is 400 g/mol. The van der Waals surface area contributed by atoms with Gasteiger partial charge in [0.15, 0.2) is 0 Å². The van der Waals surface area contributed by atoms with Gasteiger partial charge >= 0.3 is 0 Å². The number of methoxy groups -OCH3 is 1. The van der Waals surface area contributed by atoms with Crippen LogP contribution in [0, 0.1) is 0 Å². The smallest absolute Gasteiger partial charge is 0.252 e. The van der Waals surface area contributed by atoms with Crippen molar-refractivity contribution in [3.05, 3.63) is 76.3 Å².